The minimum absolute atomic E-state index is 0.489. The van der Waals surface area contributed by atoms with Gasteiger partial charge in [0.2, 0.25) is 0 Å². The largest absolute Gasteiger partial charge is 0.487 e. The molecule has 34 heavy (non-hydrogen) atoms. The van der Waals surface area contributed by atoms with Crippen LogP contribution < -0.4 is 0 Å². The van der Waals surface area contributed by atoms with Gasteiger partial charge in [0.15, 0.2) is 0 Å². The van der Waals surface area contributed by atoms with Crippen molar-refractivity contribution in [2.24, 2.45) is 0 Å². The Morgan fingerprint density at radius 1 is 0.588 bits per heavy atom. The van der Waals surface area contributed by atoms with Crippen LogP contribution >= 0.6 is 0 Å². The third-order valence-electron chi connectivity index (χ3n) is 7.65. The highest BCUT2D eigenvalue weighted by molar-refractivity contribution is 6.80. The van der Waals surface area contributed by atoms with E-state index in [1.807, 2.05) is 36.4 Å². The molecule has 2 heterocycles. The van der Waals surface area contributed by atoms with E-state index < -0.39 is 36.6 Å². The number of hydrogen-bond donors (Lipinski definition) is 0. The number of hydrogen-bond acceptors (Lipinski definition) is 4. The van der Waals surface area contributed by atoms with E-state index in [-0.39, 0.29) is 0 Å². The first-order valence-corrected chi connectivity index (χ1v) is 12.1. The van der Waals surface area contributed by atoms with E-state index in [4.69, 9.17) is 18.6 Å². The molecule has 2 fully saturated rings. The molecule has 0 atom stereocenters. The molecular formula is C28H36B2O4. The number of allylic oxidation sites excluding steroid dienone is 2. The summed E-state index contributed by atoms with van der Waals surface area (Å²) in [4.78, 5) is 0. The van der Waals surface area contributed by atoms with Gasteiger partial charge in [0.25, 0.3) is 0 Å². The molecule has 178 valence electrons. The van der Waals surface area contributed by atoms with Gasteiger partial charge in [0, 0.05) is 0 Å². The third-order valence-corrected chi connectivity index (χ3v) is 7.65. The summed E-state index contributed by atoms with van der Waals surface area (Å²) < 4.78 is 26.2. The van der Waals surface area contributed by atoms with Crippen LogP contribution in [0, 0.1) is 0 Å². The van der Waals surface area contributed by atoms with Crippen LogP contribution in [-0.2, 0) is 18.6 Å². The fourth-order valence-electron chi connectivity index (χ4n) is 4.03. The van der Waals surface area contributed by atoms with E-state index in [1.54, 1.807) is 0 Å². The summed E-state index contributed by atoms with van der Waals surface area (Å²) in [6, 6.07) is 20.6. The molecule has 0 N–H and O–H groups in total. The topological polar surface area (TPSA) is 36.9 Å². The van der Waals surface area contributed by atoms with Crippen LogP contribution in [0.2, 0.25) is 0 Å². The van der Waals surface area contributed by atoms with E-state index >= 15 is 0 Å². The third kappa shape index (κ3) is 4.70. The number of benzene rings is 2. The smallest absolute Gasteiger partial charge is 0.400 e. The Hall–Kier alpha value is -2.11. The SMILES string of the molecule is CC1(C)OB(C(B2OC(C)(C)C(C)(C)O2)=C(/C=C/c2ccccc2)c2ccccc2)OC1(C)C. The molecular weight excluding hydrogens is 422 g/mol. The standard InChI is InChI=1S/C28H36B2O4/c1-25(2)26(3,4)32-29(31-25)24(30-33-27(5,6)28(7,8)34-30)23(22-17-13-10-14-18-22)20-19-21-15-11-9-12-16-21/h9-20H,1-8H3/b20-19+. The molecule has 0 unspecified atom stereocenters. The first-order chi connectivity index (χ1) is 15.8. The first kappa shape index (κ1) is 25.0. The molecule has 2 aromatic rings. The van der Waals surface area contributed by atoms with Gasteiger partial charge < -0.3 is 18.6 Å². The van der Waals surface area contributed by atoms with E-state index in [0.29, 0.717) is 0 Å². The summed E-state index contributed by atoms with van der Waals surface area (Å²) in [7, 11) is -1.23. The van der Waals surface area contributed by atoms with E-state index in [9.17, 15) is 0 Å². The summed E-state index contributed by atoms with van der Waals surface area (Å²) in [5.74, 6) is 0. The predicted molar refractivity (Wildman–Crippen MR) is 141 cm³/mol. The Bertz CT molecular complexity index is 1000. The zero-order valence-corrected chi connectivity index (χ0v) is 21.7. The van der Waals surface area contributed by atoms with Crippen LogP contribution in [0.3, 0.4) is 0 Å². The Balaban J connectivity index is 1.90. The van der Waals surface area contributed by atoms with Crippen LogP contribution in [0.5, 0.6) is 0 Å². The summed E-state index contributed by atoms with van der Waals surface area (Å²) in [6.07, 6.45) is 4.23. The lowest BCUT2D eigenvalue weighted by atomic mass is 9.54. The van der Waals surface area contributed by atoms with Gasteiger partial charge in [-0.1, -0.05) is 72.8 Å². The quantitative estimate of drug-likeness (QED) is 0.383. The maximum absolute atomic E-state index is 6.56. The molecule has 0 saturated carbocycles. The van der Waals surface area contributed by atoms with E-state index in [1.165, 1.54) is 0 Å². The van der Waals surface area contributed by atoms with Gasteiger partial charge in [-0.15, -0.1) is 0 Å². The average molecular weight is 458 g/mol. The fourth-order valence-corrected chi connectivity index (χ4v) is 4.03. The Labute approximate surface area is 205 Å². The molecule has 0 bridgehead atoms. The lowest BCUT2D eigenvalue weighted by Gasteiger charge is -2.32. The minimum atomic E-state index is -0.615. The van der Waals surface area contributed by atoms with Crippen molar-refractivity contribution in [2.45, 2.75) is 77.8 Å². The van der Waals surface area contributed by atoms with Gasteiger partial charge >= 0.3 is 14.2 Å². The minimum Gasteiger partial charge on any atom is -0.400 e. The van der Waals surface area contributed by atoms with Crippen molar-refractivity contribution in [3.05, 3.63) is 83.2 Å². The zero-order chi connectivity index (χ0) is 24.8. The van der Waals surface area contributed by atoms with Gasteiger partial charge in [-0.2, -0.15) is 0 Å². The van der Waals surface area contributed by atoms with Crippen LogP contribution in [0.15, 0.2) is 72.1 Å². The molecule has 2 aliphatic rings. The Morgan fingerprint density at radius 3 is 1.38 bits per heavy atom. The van der Waals surface area contributed by atoms with Crippen LogP contribution in [0.1, 0.15) is 66.5 Å². The maximum atomic E-state index is 6.56. The predicted octanol–water partition coefficient (Wildman–Crippen LogP) is 6.42. The second kappa shape index (κ2) is 8.83. The lowest BCUT2D eigenvalue weighted by molar-refractivity contribution is 0.00578. The van der Waals surface area contributed by atoms with Crippen LogP contribution in [0.25, 0.3) is 11.6 Å². The monoisotopic (exact) mass is 458 g/mol. The Kier molecular flexibility index (Phi) is 6.50. The Morgan fingerprint density at radius 2 is 0.971 bits per heavy atom. The van der Waals surface area contributed by atoms with Crippen LogP contribution in [-0.4, -0.2) is 36.6 Å². The lowest BCUT2D eigenvalue weighted by Crippen LogP contribution is -2.41. The van der Waals surface area contributed by atoms with Crippen LogP contribution in [0.4, 0.5) is 0 Å². The molecule has 6 heteroatoms. The summed E-state index contributed by atoms with van der Waals surface area (Å²) >= 11 is 0. The summed E-state index contributed by atoms with van der Waals surface area (Å²) in [5.41, 5.74) is 1.18. The molecule has 0 amide bonds. The van der Waals surface area contributed by atoms with Crippen molar-refractivity contribution >= 4 is 25.9 Å². The summed E-state index contributed by atoms with van der Waals surface area (Å²) in [5, 5.41) is 0.843. The molecule has 0 radical (unpaired) electrons. The van der Waals surface area contributed by atoms with Gasteiger partial charge in [-0.25, -0.2) is 0 Å². The van der Waals surface area contributed by atoms with Crippen molar-refractivity contribution in [1.82, 2.24) is 0 Å². The zero-order valence-electron chi connectivity index (χ0n) is 21.7. The fraction of sp³-hybridized carbons (Fsp3) is 0.429. The van der Waals surface area contributed by atoms with E-state index in [2.05, 4.69) is 91.8 Å². The molecule has 2 aliphatic heterocycles. The second-order valence-corrected chi connectivity index (χ2v) is 11.2. The molecule has 4 rings (SSSR count). The van der Waals surface area contributed by atoms with Crippen molar-refractivity contribution in [3.8, 4) is 0 Å². The highest BCUT2D eigenvalue weighted by Gasteiger charge is 2.60. The molecule has 2 aromatic carbocycles. The molecule has 4 nitrogen and oxygen atoms in total. The molecule has 0 spiro atoms. The van der Waals surface area contributed by atoms with Gasteiger partial charge in [-0.05, 0) is 77.5 Å². The summed E-state index contributed by atoms with van der Waals surface area (Å²) in [6.45, 7) is 16.5. The first-order valence-electron chi connectivity index (χ1n) is 12.1. The number of rotatable bonds is 5. The van der Waals surface area contributed by atoms with Crippen molar-refractivity contribution < 1.29 is 18.6 Å². The molecule has 2 saturated heterocycles. The van der Waals surface area contributed by atoms with Crippen molar-refractivity contribution in [2.75, 3.05) is 0 Å². The van der Waals surface area contributed by atoms with Gasteiger partial charge in [-0.3, -0.25) is 0 Å². The highest BCUT2D eigenvalue weighted by atomic mass is 16.7. The normalized spacial score (nSPS) is 22.4. The molecule has 0 aliphatic carbocycles. The molecule has 0 aromatic heterocycles. The van der Waals surface area contributed by atoms with E-state index in [0.717, 1.165) is 22.1 Å². The highest BCUT2D eigenvalue weighted by Crippen LogP contribution is 2.45. The van der Waals surface area contributed by atoms with Gasteiger partial charge in [0.05, 0.1) is 22.4 Å². The van der Waals surface area contributed by atoms with Crippen molar-refractivity contribution in [1.29, 1.82) is 0 Å². The average Bonchev–Trinajstić information content (AvgIpc) is 3.11. The van der Waals surface area contributed by atoms with Crippen molar-refractivity contribution in [3.63, 3.8) is 0 Å². The maximum Gasteiger partial charge on any atom is 0.487 e. The second-order valence-electron chi connectivity index (χ2n) is 11.2. The van der Waals surface area contributed by atoms with Gasteiger partial charge in [0.1, 0.15) is 0 Å².